The molecule has 0 aliphatic carbocycles. The summed E-state index contributed by atoms with van der Waals surface area (Å²) in [5, 5.41) is 5.57. The van der Waals surface area contributed by atoms with E-state index in [4.69, 9.17) is 0 Å². The molecule has 1 heterocycles. The highest BCUT2D eigenvalue weighted by molar-refractivity contribution is 5.95. The van der Waals surface area contributed by atoms with Crippen molar-refractivity contribution in [3.05, 3.63) is 29.3 Å². The number of amides is 1. The van der Waals surface area contributed by atoms with Crippen LogP contribution in [-0.4, -0.2) is 18.5 Å². The number of nitrogens with one attached hydrogen (secondary N) is 2. The molecule has 1 amide bonds. The molecular weight excluding hydrogens is 257 g/mol. The Bertz CT molecular complexity index is 479. The quantitative estimate of drug-likeness (QED) is 0.869. The van der Waals surface area contributed by atoms with Crippen LogP contribution in [0, 0.1) is 6.92 Å². The number of alkyl halides is 3. The molecule has 1 saturated heterocycles. The molecule has 0 bridgehead atoms. The van der Waals surface area contributed by atoms with Crippen molar-refractivity contribution in [1.29, 1.82) is 0 Å². The van der Waals surface area contributed by atoms with E-state index in [1.54, 1.807) is 0 Å². The number of anilines is 1. The van der Waals surface area contributed by atoms with Gasteiger partial charge in [0.15, 0.2) is 0 Å². The third kappa shape index (κ3) is 3.07. The van der Waals surface area contributed by atoms with Gasteiger partial charge in [0.1, 0.15) is 0 Å². The van der Waals surface area contributed by atoms with E-state index in [0.717, 1.165) is 19.0 Å². The Balaban J connectivity index is 2.19. The second-order valence-electron chi connectivity index (χ2n) is 4.61. The third-order valence-electron chi connectivity index (χ3n) is 3.27. The van der Waals surface area contributed by atoms with Crippen molar-refractivity contribution in [1.82, 2.24) is 5.32 Å². The fraction of sp³-hybridized carbons (Fsp3) is 0.462. The van der Waals surface area contributed by atoms with Crippen LogP contribution in [-0.2, 0) is 11.0 Å². The van der Waals surface area contributed by atoms with Gasteiger partial charge in [-0.25, -0.2) is 0 Å². The molecule has 1 aromatic rings. The predicted molar refractivity (Wildman–Crippen MR) is 65.8 cm³/mol. The van der Waals surface area contributed by atoms with Gasteiger partial charge in [-0.1, -0.05) is 6.07 Å². The van der Waals surface area contributed by atoms with Crippen LogP contribution in [0.25, 0.3) is 0 Å². The van der Waals surface area contributed by atoms with Crippen molar-refractivity contribution < 1.29 is 18.0 Å². The van der Waals surface area contributed by atoms with Crippen molar-refractivity contribution in [2.75, 3.05) is 11.9 Å². The largest absolute Gasteiger partial charge is 0.416 e. The normalized spacial score (nSPS) is 19.5. The first-order valence-electron chi connectivity index (χ1n) is 6.10. The Kier molecular flexibility index (Phi) is 3.80. The maximum absolute atomic E-state index is 12.7. The van der Waals surface area contributed by atoms with Crippen molar-refractivity contribution in [2.45, 2.75) is 32.0 Å². The second kappa shape index (κ2) is 5.21. The molecule has 1 atom stereocenters. The highest BCUT2D eigenvalue weighted by Crippen LogP contribution is 2.34. The number of halogens is 3. The second-order valence-corrected chi connectivity index (χ2v) is 4.61. The Morgan fingerprint density at radius 2 is 2.16 bits per heavy atom. The van der Waals surface area contributed by atoms with Gasteiger partial charge in [0.2, 0.25) is 5.91 Å². The van der Waals surface area contributed by atoms with Crippen LogP contribution in [0.5, 0.6) is 0 Å². The molecule has 2 rings (SSSR count). The maximum Gasteiger partial charge on any atom is 0.416 e. The standard InChI is InChI=1S/C13H15F3N2O/c1-8-9(13(14,15)16)4-2-5-10(8)18-12(19)11-6-3-7-17-11/h2,4-5,11,17H,3,6-7H2,1H3,(H,18,19). The smallest absolute Gasteiger partial charge is 0.324 e. The van der Waals surface area contributed by atoms with Crippen molar-refractivity contribution in [2.24, 2.45) is 0 Å². The van der Waals surface area contributed by atoms with Gasteiger partial charge in [0, 0.05) is 5.69 Å². The monoisotopic (exact) mass is 272 g/mol. The van der Waals surface area contributed by atoms with Gasteiger partial charge in [-0.3, -0.25) is 4.79 Å². The zero-order valence-electron chi connectivity index (χ0n) is 10.5. The first-order valence-corrected chi connectivity index (χ1v) is 6.10. The first-order chi connectivity index (χ1) is 8.89. The van der Waals surface area contributed by atoms with E-state index in [1.807, 2.05) is 0 Å². The van der Waals surface area contributed by atoms with Crippen LogP contribution in [0.4, 0.5) is 18.9 Å². The van der Waals surface area contributed by atoms with E-state index >= 15 is 0 Å². The van der Waals surface area contributed by atoms with Crippen molar-refractivity contribution in [3.63, 3.8) is 0 Å². The molecule has 1 aliphatic heterocycles. The molecule has 0 radical (unpaired) electrons. The minimum absolute atomic E-state index is 0.0429. The van der Waals surface area contributed by atoms with E-state index in [-0.39, 0.29) is 23.2 Å². The van der Waals surface area contributed by atoms with Gasteiger partial charge in [0.05, 0.1) is 11.6 Å². The highest BCUT2D eigenvalue weighted by Gasteiger charge is 2.33. The molecule has 0 saturated carbocycles. The minimum Gasteiger partial charge on any atom is -0.324 e. The summed E-state index contributed by atoms with van der Waals surface area (Å²) < 4.78 is 38.2. The zero-order chi connectivity index (χ0) is 14.0. The molecule has 1 fully saturated rings. The van der Waals surface area contributed by atoms with E-state index in [1.165, 1.54) is 19.1 Å². The fourth-order valence-corrected chi connectivity index (χ4v) is 2.21. The first kappa shape index (κ1) is 13.9. The van der Waals surface area contributed by atoms with Crippen LogP contribution in [0.15, 0.2) is 18.2 Å². The molecule has 1 aliphatic rings. The van der Waals surface area contributed by atoms with Gasteiger partial charge in [0.25, 0.3) is 0 Å². The summed E-state index contributed by atoms with van der Waals surface area (Å²) in [7, 11) is 0. The lowest BCUT2D eigenvalue weighted by atomic mass is 10.1. The summed E-state index contributed by atoms with van der Waals surface area (Å²) in [5.74, 6) is -0.278. The summed E-state index contributed by atoms with van der Waals surface area (Å²) in [6.07, 6.45) is -2.79. The predicted octanol–water partition coefficient (Wildman–Crippen LogP) is 2.70. The molecule has 1 unspecified atom stereocenters. The number of carbonyl (C=O) groups is 1. The summed E-state index contributed by atoms with van der Waals surface area (Å²) in [6.45, 7) is 2.13. The lowest BCUT2D eigenvalue weighted by Gasteiger charge is -2.16. The number of carbonyl (C=O) groups excluding carboxylic acids is 1. The van der Waals surface area contributed by atoms with E-state index in [2.05, 4.69) is 10.6 Å². The number of rotatable bonds is 2. The van der Waals surface area contributed by atoms with Gasteiger partial charge < -0.3 is 10.6 Å². The SMILES string of the molecule is Cc1c(NC(=O)C2CCCN2)cccc1C(F)(F)F. The van der Waals surface area contributed by atoms with Crippen LogP contribution in [0.2, 0.25) is 0 Å². The summed E-state index contributed by atoms with van der Waals surface area (Å²) in [5.41, 5.74) is -0.459. The Morgan fingerprint density at radius 3 is 2.74 bits per heavy atom. The molecule has 0 aromatic heterocycles. The fourth-order valence-electron chi connectivity index (χ4n) is 2.21. The number of hydrogen-bond acceptors (Lipinski definition) is 2. The molecule has 6 heteroatoms. The molecule has 19 heavy (non-hydrogen) atoms. The topological polar surface area (TPSA) is 41.1 Å². The van der Waals surface area contributed by atoms with Crippen LogP contribution >= 0.6 is 0 Å². The van der Waals surface area contributed by atoms with Gasteiger partial charge in [-0.15, -0.1) is 0 Å². The number of hydrogen-bond donors (Lipinski definition) is 2. The lowest BCUT2D eigenvalue weighted by Crippen LogP contribution is -2.35. The molecule has 104 valence electrons. The summed E-state index contributed by atoms with van der Waals surface area (Å²) >= 11 is 0. The van der Waals surface area contributed by atoms with Crippen LogP contribution in [0.3, 0.4) is 0 Å². The third-order valence-corrected chi connectivity index (χ3v) is 3.27. The van der Waals surface area contributed by atoms with E-state index < -0.39 is 11.7 Å². The van der Waals surface area contributed by atoms with Crippen LogP contribution < -0.4 is 10.6 Å². The molecular formula is C13H15F3N2O. The molecule has 0 spiro atoms. The molecule has 1 aromatic carbocycles. The zero-order valence-corrected chi connectivity index (χ0v) is 10.5. The van der Waals surface area contributed by atoms with Crippen molar-refractivity contribution >= 4 is 11.6 Å². The summed E-state index contributed by atoms with van der Waals surface area (Å²) in [6, 6.07) is 3.48. The highest BCUT2D eigenvalue weighted by atomic mass is 19.4. The van der Waals surface area contributed by atoms with Crippen LogP contribution in [0.1, 0.15) is 24.0 Å². The average Bonchev–Trinajstić information content (AvgIpc) is 2.83. The average molecular weight is 272 g/mol. The Hall–Kier alpha value is -1.56. The Labute approximate surface area is 109 Å². The van der Waals surface area contributed by atoms with Gasteiger partial charge in [-0.2, -0.15) is 13.2 Å². The minimum atomic E-state index is -4.41. The van der Waals surface area contributed by atoms with E-state index in [9.17, 15) is 18.0 Å². The molecule has 2 N–H and O–H groups in total. The lowest BCUT2D eigenvalue weighted by molar-refractivity contribution is -0.138. The molecule has 3 nitrogen and oxygen atoms in total. The van der Waals surface area contributed by atoms with E-state index in [0.29, 0.717) is 6.42 Å². The Morgan fingerprint density at radius 1 is 1.42 bits per heavy atom. The number of benzene rings is 1. The maximum atomic E-state index is 12.7. The van der Waals surface area contributed by atoms with Gasteiger partial charge >= 0.3 is 6.18 Å². The van der Waals surface area contributed by atoms with Crippen molar-refractivity contribution in [3.8, 4) is 0 Å². The summed E-state index contributed by atoms with van der Waals surface area (Å²) in [4.78, 5) is 11.9. The van der Waals surface area contributed by atoms with Gasteiger partial charge in [-0.05, 0) is 44.0 Å².